The molecule has 0 bridgehead atoms. The maximum atomic E-state index is 12.9. The minimum atomic E-state index is -4.70. The summed E-state index contributed by atoms with van der Waals surface area (Å²) in [7, 11) is 2.15. The predicted molar refractivity (Wildman–Crippen MR) is 133 cm³/mol. The largest absolute Gasteiger partial charge is 0.421 e. The third-order valence-corrected chi connectivity index (χ3v) is 8.81. The van der Waals surface area contributed by atoms with Crippen molar-refractivity contribution >= 4 is 29.0 Å². The van der Waals surface area contributed by atoms with Gasteiger partial charge in [-0.15, -0.1) is 11.3 Å². The fourth-order valence-electron chi connectivity index (χ4n) is 3.86. The fraction of sp³-hybridized carbons (Fsp3) is 0.583. The number of nitrogens with zero attached hydrogens (tertiary/aromatic N) is 3. The minimum absolute atomic E-state index is 0.143. The van der Waals surface area contributed by atoms with Crippen LogP contribution >= 0.6 is 23.3 Å². The van der Waals surface area contributed by atoms with Crippen LogP contribution < -0.4 is 4.90 Å². The van der Waals surface area contributed by atoms with Crippen LogP contribution in [0.5, 0.6) is 0 Å². The first-order chi connectivity index (χ1) is 16.6. The van der Waals surface area contributed by atoms with E-state index in [0.717, 1.165) is 65.2 Å². The maximum absolute atomic E-state index is 12.9. The van der Waals surface area contributed by atoms with Crippen molar-refractivity contribution in [3.8, 4) is 0 Å². The molecule has 194 valence electrons. The van der Waals surface area contributed by atoms with E-state index >= 15 is 0 Å². The first-order valence-electron chi connectivity index (χ1n) is 11.6. The van der Waals surface area contributed by atoms with Crippen molar-refractivity contribution in [3.05, 3.63) is 47.3 Å². The second-order valence-electron chi connectivity index (χ2n) is 9.10. The van der Waals surface area contributed by atoms with Crippen LogP contribution in [0, 0.1) is 0 Å². The molecule has 0 saturated carbocycles. The number of hydrogen-bond acceptors (Lipinski definition) is 8. The van der Waals surface area contributed by atoms with Gasteiger partial charge in [-0.2, -0.15) is 13.2 Å². The monoisotopic (exact) mass is 531 g/mol. The molecule has 1 atom stereocenters. The Balaban J connectivity index is 0.000000239. The molecule has 1 aromatic carbocycles. The molecule has 0 amide bonds. The molecule has 2 aromatic rings. The van der Waals surface area contributed by atoms with Crippen LogP contribution in [-0.2, 0) is 15.1 Å². The normalized spacial score (nSPS) is 21.6. The molecule has 11 heteroatoms. The van der Waals surface area contributed by atoms with Gasteiger partial charge < -0.3 is 19.5 Å². The lowest BCUT2D eigenvalue weighted by Gasteiger charge is -2.43. The predicted octanol–water partition coefficient (Wildman–Crippen LogP) is 4.06. The quantitative estimate of drug-likeness (QED) is 0.564. The zero-order chi connectivity index (χ0) is 25.1. The Labute approximate surface area is 212 Å². The Hall–Kier alpha value is -1.34. The van der Waals surface area contributed by atoms with E-state index in [1.807, 2.05) is 6.07 Å². The molecule has 6 nitrogen and oxygen atoms in total. The Morgan fingerprint density at radius 3 is 1.97 bits per heavy atom. The molecule has 3 saturated heterocycles. The summed E-state index contributed by atoms with van der Waals surface area (Å²) in [4.78, 5) is 4.52. The van der Waals surface area contributed by atoms with Gasteiger partial charge in [0.15, 0.2) is 5.60 Å². The number of aliphatic hydroxyl groups is 1. The van der Waals surface area contributed by atoms with Crippen molar-refractivity contribution in [2.75, 3.05) is 64.6 Å². The summed E-state index contributed by atoms with van der Waals surface area (Å²) in [6.45, 7) is 7.80. The van der Waals surface area contributed by atoms with Crippen molar-refractivity contribution in [3.63, 3.8) is 0 Å². The van der Waals surface area contributed by atoms with Crippen molar-refractivity contribution in [2.45, 2.75) is 35.0 Å². The number of anilines is 1. The SMILES string of the molecule is CC(O)(c1ccc(N2CCN(Sc3cccs3)CC2)cc1)C(F)(F)F.CN(C1COC1)C1COC1. The van der Waals surface area contributed by atoms with Crippen molar-refractivity contribution < 1.29 is 27.8 Å². The number of ether oxygens (including phenoxy) is 2. The van der Waals surface area contributed by atoms with E-state index in [1.165, 1.54) is 16.3 Å². The molecule has 35 heavy (non-hydrogen) atoms. The number of likely N-dealkylation sites (N-methyl/N-ethyl adjacent to an activating group) is 1. The smallest absolute Gasteiger partial charge is 0.378 e. The van der Waals surface area contributed by atoms with E-state index < -0.39 is 11.8 Å². The molecule has 0 aliphatic carbocycles. The highest BCUT2D eigenvalue weighted by Gasteiger charge is 2.51. The van der Waals surface area contributed by atoms with Crippen molar-refractivity contribution in [2.24, 2.45) is 0 Å². The third-order valence-electron chi connectivity index (χ3n) is 6.69. The van der Waals surface area contributed by atoms with E-state index in [4.69, 9.17) is 9.47 Å². The summed E-state index contributed by atoms with van der Waals surface area (Å²) < 4.78 is 52.5. The molecule has 0 radical (unpaired) electrons. The molecule has 3 aliphatic heterocycles. The van der Waals surface area contributed by atoms with Gasteiger partial charge in [-0.05, 0) is 55.1 Å². The molecule has 1 N–H and O–H groups in total. The van der Waals surface area contributed by atoms with Crippen LogP contribution in [0.2, 0.25) is 0 Å². The van der Waals surface area contributed by atoms with E-state index in [2.05, 4.69) is 32.6 Å². The van der Waals surface area contributed by atoms with E-state index in [9.17, 15) is 18.3 Å². The number of hydrogen-bond donors (Lipinski definition) is 1. The van der Waals surface area contributed by atoms with Gasteiger partial charge in [-0.1, -0.05) is 18.2 Å². The van der Waals surface area contributed by atoms with Crippen LogP contribution in [0.3, 0.4) is 0 Å². The number of thiophene rings is 1. The van der Waals surface area contributed by atoms with Gasteiger partial charge >= 0.3 is 6.18 Å². The van der Waals surface area contributed by atoms with Gasteiger partial charge in [0.05, 0.1) is 42.7 Å². The Morgan fingerprint density at radius 2 is 1.54 bits per heavy atom. The second kappa shape index (κ2) is 11.4. The zero-order valence-electron chi connectivity index (χ0n) is 19.9. The Kier molecular flexibility index (Phi) is 8.68. The molecular formula is C24H32F3N3O3S2. The van der Waals surface area contributed by atoms with E-state index in [-0.39, 0.29) is 5.56 Å². The number of rotatable bonds is 6. The molecule has 3 aliphatic rings. The zero-order valence-corrected chi connectivity index (χ0v) is 21.5. The lowest BCUT2D eigenvalue weighted by molar-refractivity contribution is -0.258. The highest BCUT2D eigenvalue weighted by molar-refractivity contribution is 7.98. The standard InChI is InChI=1S/C17H19F3N2OS2.C7H13NO2/c1-16(23,17(18,19)20)13-4-6-14(7-5-13)21-8-10-22(11-9-21)25-15-3-2-12-24-15;1-8(6-2-9-3-6)7-4-10-5-7/h2-7,12,23H,8-11H2,1H3;6-7H,2-5H2,1H3. The summed E-state index contributed by atoms with van der Waals surface area (Å²) in [5.74, 6) is 0. The van der Waals surface area contributed by atoms with Crippen LogP contribution in [0.15, 0.2) is 46.0 Å². The summed E-state index contributed by atoms with van der Waals surface area (Å²) in [6, 6.07) is 11.5. The molecule has 4 heterocycles. The summed E-state index contributed by atoms with van der Waals surface area (Å²) in [6.07, 6.45) is -4.70. The van der Waals surface area contributed by atoms with E-state index in [0.29, 0.717) is 12.1 Å². The van der Waals surface area contributed by atoms with Gasteiger partial charge in [0.2, 0.25) is 0 Å². The van der Waals surface area contributed by atoms with Crippen molar-refractivity contribution in [1.82, 2.24) is 9.21 Å². The number of halogens is 3. The van der Waals surface area contributed by atoms with Gasteiger partial charge in [-0.25, -0.2) is 4.31 Å². The van der Waals surface area contributed by atoms with Crippen LogP contribution in [0.25, 0.3) is 0 Å². The maximum Gasteiger partial charge on any atom is 0.421 e. The first kappa shape index (κ1) is 26.7. The van der Waals surface area contributed by atoms with Crippen molar-refractivity contribution in [1.29, 1.82) is 0 Å². The molecule has 3 fully saturated rings. The average Bonchev–Trinajstić information content (AvgIpc) is 3.25. The van der Waals surface area contributed by atoms with Crippen LogP contribution in [0.1, 0.15) is 12.5 Å². The molecule has 1 unspecified atom stereocenters. The average molecular weight is 532 g/mol. The molecular weight excluding hydrogens is 499 g/mol. The fourth-order valence-corrected chi connectivity index (χ4v) is 5.70. The minimum Gasteiger partial charge on any atom is -0.378 e. The van der Waals surface area contributed by atoms with Crippen LogP contribution in [-0.4, -0.2) is 92.2 Å². The highest BCUT2D eigenvalue weighted by Crippen LogP contribution is 2.39. The lowest BCUT2D eigenvalue weighted by atomic mass is 9.95. The van der Waals surface area contributed by atoms with Gasteiger partial charge in [-0.3, -0.25) is 4.90 Å². The topological polar surface area (TPSA) is 48.4 Å². The second-order valence-corrected chi connectivity index (χ2v) is 11.4. The lowest BCUT2D eigenvalue weighted by Crippen LogP contribution is -2.57. The number of benzene rings is 1. The summed E-state index contributed by atoms with van der Waals surface area (Å²) in [5.41, 5.74) is -2.10. The van der Waals surface area contributed by atoms with Crippen LogP contribution in [0.4, 0.5) is 18.9 Å². The molecule has 5 rings (SSSR count). The first-order valence-corrected chi connectivity index (χ1v) is 13.3. The Morgan fingerprint density at radius 1 is 0.971 bits per heavy atom. The number of alkyl halides is 3. The number of piperazine rings is 1. The van der Waals surface area contributed by atoms with Gasteiger partial charge in [0.1, 0.15) is 0 Å². The highest BCUT2D eigenvalue weighted by atomic mass is 32.2. The summed E-state index contributed by atoms with van der Waals surface area (Å²) >= 11 is 3.46. The van der Waals surface area contributed by atoms with Gasteiger partial charge in [0, 0.05) is 31.9 Å². The Bertz CT molecular complexity index is 898. The third kappa shape index (κ3) is 6.51. The summed E-state index contributed by atoms with van der Waals surface area (Å²) in [5, 5.41) is 11.8. The van der Waals surface area contributed by atoms with Gasteiger partial charge in [0.25, 0.3) is 0 Å². The van der Waals surface area contributed by atoms with E-state index in [1.54, 1.807) is 35.4 Å². The molecule has 0 spiro atoms. The molecule has 1 aromatic heterocycles.